The largest absolute Gasteiger partial charge is 0.414 e. The van der Waals surface area contributed by atoms with Crippen LogP contribution in [-0.4, -0.2) is 14.3 Å². The second kappa shape index (κ2) is 7.88. The number of benzene rings is 3. The van der Waals surface area contributed by atoms with Gasteiger partial charge in [-0.3, -0.25) is 4.79 Å². The van der Waals surface area contributed by atoms with E-state index in [1.807, 2.05) is 0 Å². The molecule has 6 nitrogen and oxygen atoms in total. The normalized spacial score (nSPS) is 11.5. The molecule has 1 heterocycles. The molecule has 4 aromatic rings. The number of fused-ring (bicyclic) bond motifs is 1. The number of hydrogen-bond donors (Lipinski definition) is 0. The molecule has 1 aromatic heterocycles. The molecule has 0 aliphatic heterocycles. The van der Waals surface area contributed by atoms with Crippen molar-refractivity contribution in [1.29, 1.82) is 0 Å². The van der Waals surface area contributed by atoms with Gasteiger partial charge in [0.05, 0.1) is 15.3 Å². The minimum Gasteiger partial charge on any atom is -0.414 e. The number of anilines is 1. The van der Waals surface area contributed by atoms with Crippen LogP contribution in [-0.2, 0) is 10.0 Å². The van der Waals surface area contributed by atoms with E-state index in [4.69, 9.17) is 27.6 Å². The van der Waals surface area contributed by atoms with E-state index in [0.29, 0.717) is 24.6 Å². The molecule has 0 N–H and O–H groups in total. The van der Waals surface area contributed by atoms with Gasteiger partial charge in [-0.1, -0.05) is 34.5 Å². The number of sulfonamides is 1. The molecule has 0 aliphatic rings. The maximum absolute atomic E-state index is 13.4. The summed E-state index contributed by atoms with van der Waals surface area (Å²) in [5.41, 5.74) is 0.489. The van der Waals surface area contributed by atoms with Crippen LogP contribution >= 0.6 is 34.5 Å². The van der Waals surface area contributed by atoms with E-state index in [9.17, 15) is 18.0 Å². The Morgan fingerprint density at radius 3 is 2.13 bits per heavy atom. The minimum atomic E-state index is -4.30. The highest BCUT2D eigenvalue weighted by molar-refractivity contribution is 7.93. The topological polar surface area (TPSA) is 84.7 Å². The summed E-state index contributed by atoms with van der Waals surface area (Å²) in [6, 6.07) is 15.6. The molecule has 0 unspecified atom stereocenters. The fourth-order valence-electron chi connectivity index (χ4n) is 2.77. The molecule has 0 bridgehead atoms. The quantitative estimate of drug-likeness (QED) is 0.401. The number of nitrogens with zero attached hydrogens (tertiary/aromatic N) is 1. The number of carbonyl (C=O) groups excluding carboxylic acids is 1. The van der Waals surface area contributed by atoms with Gasteiger partial charge in [0.2, 0.25) is 0 Å². The Morgan fingerprint density at radius 1 is 0.900 bits per heavy atom. The van der Waals surface area contributed by atoms with E-state index >= 15 is 0 Å². The summed E-state index contributed by atoms with van der Waals surface area (Å²) in [6.07, 6.45) is 0. The SMILES string of the molecule is O=C(c1ccc(Cl)cc1)N(c1ccc2oc(=O)sc2c1)S(=O)(=O)c1ccc(Cl)cc1. The summed E-state index contributed by atoms with van der Waals surface area (Å²) in [5.74, 6) is -0.781. The highest BCUT2D eigenvalue weighted by Crippen LogP contribution is 2.30. The fraction of sp³-hybridized carbons (Fsp3) is 0. The molecule has 10 heteroatoms. The summed E-state index contributed by atoms with van der Waals surface area (Å²) in [6.45, 7) is 0. The first-order valence-electron chi connectivity index (χ1n) is 8.40. The van der Waals surface area contributed by atoms with Gasteiger partial charge in [-0.25, -0.2) is 13.2 Å². The summed E-state index contributed by atoms with van der Waals surface area (Å²) in [5, 5.41) is 0.761. The highest BCUT2D eigenvalue weighted by atomic mass is 35.5. The van der Waals surface area contributed by atoms with E-state index in [1.54, 1.807) is 0 Å². The van der Waals surface area contributed by atoms with Crippen LogP contribution in [0.15, 0.2) is 80.8 Å². The van der Waals surface area contributed by atoms with Gasteiger partial charge in [-0.05, 0) is 66.7 Å². The van der Waals surface area contributed by atoms with Gasteiger partial charge in [0, 0.05) is 15.6 Å². The van der Waals surface area contributed by atoms with Gasteiger partial charge in [0.1, 0.15) is 5.58 Å². The van der Waals surface area contributed by atoms with Gasteiger partial charge in [0.25, 0.3) is 15.9 Å². The van der Waals surface area contributed by atoms with Crippen LogP contribution in [0.25, 0.3) is 10.3 Å². The first-order chi connectivity index (χ1) is 14.3. The molecule has 3 aromatic carbocycles. The zero-order valence-corrected chi connectivity index (χ0v) is 18.1. The second-order valence-corrected chi connectivity index (χ2v) is 9.76. The maximum atomic E-state index is 13.4. The van der Waals surface area contributed by atoms with Crippen LogP contribution in [0, 0.1) is 0 Å². The molecule has 152 valence electrons. The summed E-state index contributed by atoms with van der Waals surface area (Å²) >= 11 is 12.6. The Hall–Kier alpha value is -2.65. The van der Waals surface area contributed by atoms with E-state index < -0.39 is 20.9 Å². The van der Waals surface area contributed by atoms with Gasteiger partial charge in [-0.15, -0.1) is 0 Å². The number of carbonyl (C=O) groups is 1. The van der Waals surface area contributed by atoms with Crippen LogP contribution in [0.3, 0.4) is 0 Å². The molecule has 0 atom stereocenters. The summed E-state index contributed by atoms with van der Waals surface area (Å²) in [7, 11) is -4.30. The van der Waals surface area contributed by atoms with Crippen molar-refractivity contribution < 1.29 is 17.6 Å². The van der Waals surface area contributed by atoms with Crippen molar-refractivity contribution in [3.8, 4) is 0 Å². The van der Waals surface area contributed by atoms with Crippen molar-refractivity contribution in [2.45, 2.75) is 4.90 Å². The van der Waals surface area contributed by atoms with Crippen LogP contribution < -0.4 is 9.24 Å². The summed E-state index contributed by atoms with van der Waals surface area (Å²) < 4.78 is 33.0. The fourth-order valence-corrected chi connectivity index (χ4v) is 5.13. The first-order valence-corrected chi connectivity index (χ1v) is 11.4. The Balaban J connectivity index is 1.91. The Labute approximate surface area is 184 Å². The minimum absolute atomic E-state index is 0.0643. The highest BCUT2D eigenvalue weighted by Gasteiger charge is 2.32. The van der Waals surface area contributed by atoms with Crippen LogP contribution in [0.1, 0.15) is 10.4 Å². The molecule has 1 amide bonds. The standard InChI is InChI=1S/C20H11Cl2NO5S2/c21-13-3-1-12(2-4-13)19(24)23(30(26,27)16-8-5-14(22)6-9-16)15-7-10-17-18(11-15)29-20(25)28-17/h1-11H. The third-order valence-corrected chi connectivity index (χ3v) is 7.19. The molecule has 0 aliphatic carbocycles. The second-order valence-electron chi connectivity index (χ2n) is 6.12. The van der Waals surface area contributed by atoms with Crippen molar-refractivity contribution in [3.05, 3.63) is 92.1 Å². The molecular weight excluding hydrogens is 469 g/mol. The van der Waals surface area contributed by atoms with Crippen molar-refractivity contribution >= 4 is 66.4 Å². The molecule has 0 spiro atoms. The zero-order valence-electron chi connectivity index (χ0n) is 14.9. The summed E-state index contributed by atoms with van der Waals surface area (Å²) in [4.78, 5) is 24.2. The van der Waals surface area contributed by atoms with Crippen LogP contribution in [0.4, 0.5) is 5.69 Å². The lowest BCUT2D eigenvalue weighted by Gasteiger charge is -2.23. The smallest absolute Gasteiger partial charge is 0.396 e. The number of halogens is 2. The predicted octanol–water partition coefficient (Wildman–Crippen LogP) is 5.20. The van der Waals surface area contributed by atoms with Crippen LogP contribution in [0.2, 0.25) is 10.0 Å². The number of hydrogen-bond acceptors (Lipinski definition) is 6. The van der Waals surface area contributed by atoms with Gasteiger partial charge in [0.15, 0.2) is 0 Å². The zero-order chi connectivity index (χ0) is 21.5. The molecule has 4 rings (SSSR count). The third-order valence-electron chi connectivity index (χ3n) is 4.18. The Kier molecular flexibility index (Phi) is 5.42. The molecule has 0 saturated heterocycles. The van der Waals surface area contributed by atoms with Crippen LogP contribution in [0.5, 0.6) is 0 Å². The Morgan fingerprint density at radius 2 is 1.50 bits per heavy atom. The Bertz CT molecular complexity index is 1410. The first kappa shape index (κ1) is 20.6. The lowest BCUT2D eigenvalue weighted by atomic mass is 10.2. The third kappa shape index (κ3) is 3.87. The molecule has 30 heavy (non-hydrogen) atoms. The van der Waals surface area contributed by atoms with Gasteiger partial charge < -0.3 is 4.42 Å². The van der Waals surface area contributed by atoms with E-state index in [1.165, 1.54) is 66.7 Å². The van der Waals surface area contributed by atoms with Crippen molar-refractivity contribution in [1.82, 2.24) is 0 Å². The van der Waals surface area contributed by atoms with E-state index in [0.717, 1.165) is 11.3 Å². The average Bonchev–Trinajstić information content (AvgIpc) is 3.08. The van der Waals surface area contributed by atoms with Crippen molar-refractivity contribution in [2.75, 3.05) is 4.31 Å². The van der Waals surface area contributed by atoms with Gasteiger partial charge >= 0.3 is 4.94 Å². The molecule has 0 fully saturated rings. The van der Waals surface area contributed by atoms with Gasteiger partial charge in [-0.2, -0.15) is 4.31 Å². The van der Waals surface area contributed by atoms with Crippen molar-refractivity contribution in [3.63, 3.8) is 0 Å². The predicted molar refractivity (Wildman–Crippen MR) is 117 cm³/mol. The molecule has 0 saturated carbocycles. The molecular formula is C20H11Cl2NO5S2. The monoisotopic (exact) mass is 479 g/mol. The molecule has 0 radical (unpaired) electrons. The number of rotatable bonds is 4. The van der Waals surface area contributed by atoms with E-state index in [2.05, 4.69) is 0 Å². The van der Waals surface area contributed by atoms with E-state index in [-0.39, 0.29) is 16.1 Å². The number of amides is 1. The van der Waals surface area contributed by atoms with Crippen molar-refractivity contribution in [2.24, 2.45) is 0 Å². The maximum Gasteiger partial charge on any atom is 0.396 e. The lowest BCUT2D eigenvalue weighted by molar-refractivity contribution is 0.101. The average molecular weight is 480 g/mol. The lowest BCUT2D eigenvalue weighted by Crippen LogP contribution is -2.37.